The predicted molar refractivity (Wildman–Crippen MR) is 101 cm³/mol. The van der Waals surface area contributed by atoms with Crippen molar-refractivity contribution in [3.63, 3.8) is 0 Å². The normalized spacial score (nSPS) is 16.5. The highest BCUT2D eigenvalue weighted by Gasteiger charge is 2.22. The smallest absolute Gasteiger partial charge is 0.227 e. The number of piperazine rings is 1. The molecule has 2 heterocycles. The molecule has 6 heteroatoms. The van der Waals surface area contributed by atoms with E-state index in [9.17, 15) is 4.79 Å². The van der Waals surface area contributed by atoms with E-state index in [1.54, 1.807) is 0 Å². The summed E-state index contributed by atoms with van der Waals surface area (Å²) in [4.78, 5) is 16.7. The summed E-state index contributed by atoms with van der Waals surface area (Å²) in [6.45, 7) is 4.25. The first kappa shape index (κ1) is 17.0. The Morgan fingerprint density at radius 2 is 1.62 bits per heavy atom. The lowest BCUT2D eigenvalue weighted by molar-refractivity contribution is -0.130. The number of ether oxygens (including phenoxy) is 2. The highest BCUT2D eigenvalue weighted by Crippen LogP contribution is 2.34. The topological polar surface area (TPSA) is 42.0 Å². The van der Waals surface area contributed by atoms with E-state index < -0.39 is 0 Å². The van der Waals surface area contributed by atoms with Gasteiger partial charge in [-0.1, -0.05) is 23.7 Å². The van der Waals surface area contributed by atoms with E-state index in [1.165, 1.54) is 0 Å². The lowest BCUT2D eigenvalue weighted by atomic mass is 10.1. The summed E-state index contributed by atoms with van der Waals surface area (Å²) in [7, 11) is 0. The molecule has 2 aliphatic heterocycles. The molecule has 2 aromatic carbocycles. The molecular formula is C20H21ClN2O3. The van der Waals surface area contributed by atoms with E-state index in [0.717, 1.165) is 48.9 Å². The number of halogens is 1. The molecule has 0 spiro atoms. The van der Waals surface area contributed by atoms with Gasteiger partial charge in [0.2, 0.25) is 5.91 Å². The second-order valence-corrected chi connectivity index (χ2v) is 6.94. The van der Waals surface area contributed by atoms with Gasteiger partial charge in [0.15, 0.2) is 11.5 Å². The van der Waals surface area contributed by atoms with Crippen molar-refractivity contribution < 1.29 is 14.3 Å². The molecule has 0 aliphatic carbocycles. The number of rotatable bonds is 3. The summed E-state index contributed by atoms with van der Waals surface area (Å²) in [6.07, 6.45) is 0.418. The van der Waals surface area contributed by atoms with Crippen LogP contribution in [0.1, 0.15) is 5.56 Å². The van der Waals surface area contributed by atoms with E-state index in [-0.39, 0.29) is 5.91 Å². The second-order valence-electron chi connectivity index (χ2n) is 6.50. The van der Waals surface area contributed by atoms with Crippen molar-refractivity contribution in [1.82, 2.24) is 4.90 Å². The van der Waals surface area contributed by atoms with Crippen LogP contribution in [-0.4, -0.2) is 50.2 Å². The fourth-order valence-corrected chi connectivity index (χ4v) is 3.46. The van der Waals surface area contributed by atoms with Crippen LogP contribution in [0.2, 0.25) is 5.02 Å². The van der Waals surface area contributed by atoms with Gasteiger partial charge in [-0.2, -0.15) is 0 Å². The first-order valence-electron chi connectivity index (χ1n) is 8.86. The van der Waals surface area contributed by atoms with E-state index >= 15 is 0 Å². The standard InChI is InChI=1S/C20H21ClN2O3/c21-16-3-1-15(2-4-16)13-20(24)23-9-7-22(8-10-23)17-5-6-18-19(14-17)26-12-11-25-18/h1-6,14H,7-13H2. The summed E-state index contributed by atoms with van der Waals surface area (Å²) < 4.78 is 11.2. The summed E-state index contributed by atoms with van der Waals surface area (Å²) in [5.74, 6) is 1.76. The van der Waals surface area contributed by atoms with Gasteiger partial charge in [-0.15, -0.1) is 0 Å². The lowest BCUT2D eigenvalue weighted by Crippen LogP contribution is -2.49. The molecule has 136 valence electrons. The predicted octanol–water partition coefficient (Wildman–Crippen LogP) is 3.00. The second kappa shape index (κ2) is 7.46. The highest BCUT2D eigenvalue weighted by molar-refractivity contribution is 6.30. The number of nitrogens with zero attached hydrogens (tertiary/aromatic N) is 2. The van der Waals surface area contributed by atoms with Crippen LogP contribution in [0.3, 0.4) is 0 Å². The molecular weight excluding hydrogens is 352 g/mol. The zero-order chi connectivity index (χ0) is 17.9. The number of benzene rings is 2. The van der Waals surface area contributed by atoms with Gasteiger partial charge in [0.1, 0.15) is 13.2 Å². The van der Waals surface area contributed by atoms with Crippen LogP contribution in [0, 0.1) is 0 Å². The largest absolute Gasteiger partial charge is 0.486 e. The quantitative estimate of drug-likeness (QED) is 0.830. The lowest BCUT2D eigenvalue weighted by Gasteiger charge is -2.36. The first-order chi connectivity index (χ1) is 12.7. The van der Waals surface area contributed by atoms with Gasteiger partial charge < -0.3 is 19.3 Å². The Morgan fingerprint density at radius 3 is 2.35 bits per heavy atom. The number of carbonyl (C=O) groups is 1. The van der Waals surface area contributed by atoms with Gasteiger partial charge >= 0.3 is 0 Å². The number of amides is 1. The van der Waals surface area contributed by atoms with Crippen LogP contribution in [0.15, 0.2) is 42.5 Å². The van der Waals surface area contributed by atoms with Gasteiger partial charge in [-0.3, -0.25) is 4.79 Å². The Balaban J connectivity index is 1.35. The Morgan fingerprint density at radius 1 is 0.923 bits per heavy atom. The minimum Gasteiger partial charge on any atom is -0.486 e. The fourth-order valence-electron chi connectivity index (χ4n) is 3.33. The van der Waals surface area contributed by atoms with Crippen molar-refractivity contribution in [2.24, 2.45) is 0 Å². The SMILES string of the molecule is O=C(Cc1ccc(Cl)cc1)N1CCN(c2ccc3c(c2)OCCO3)CC1. The van der Waals surface area contributed by atoms with Crippen molar-refractivity contribution in [3.8, 4) is 11.5 Å². The van der Waals surface area contributed by atoms with E-state index in [4.69, 9.17) is 21.1 Å². The van der Waals surface area contributed by atoms with Gasteiger partial charge in [-0.05, 0) is 29.8 Å². The molecule has 5 nitrogen and oxygen atoms in total. The minimum atomic E-state index is 0.161. The van der Waals surface area contributed by atoms with Crippen LogP contribution in [-0.2, 0) is 11.2 Å². The molecule has 0 N–H and O–H groups in total. The van der Waals surface area contributed by atoms with Crippen molar-refractivity contribution in [3.05, 3.63) is 53.1 Å². The molecule has 1 fully saturated rings. The minimum absolute atomic E-state index is 0.161. The third-order valence-corrected chi connectivity index (χ3v) is 5.04. The maximum atomic E-state index is 12.5. The van der Waals surface area contributed by atoms with Gasteiger partial charge in [0.25, 0.3) is 0 Å². The fraction of sp³-hybridized carbons (Fsp3) is 0.350. The molecule has 2 aromatic rings. The maximum absolute atomic E-state index is 12.5. The third-order valence-electron chi connectivity index (χ3n) is 4.79. The van der Waals surface area contributed by atoms with Crippen LogP contribution in [0.4, 0.5) is 5.69 Å². The number of carbonyl (C=O) groups excluding carboxylic acids is 1. The third kappa shape index (κ3) is 3.73. The molecule has 2 aliphatic rings. The number of hydrogen-bond donors (Lipinski definition) is 0. The molecule has 0 radical (unpaired) electrons. The van der Waals surface area contributed by atoms with Crippen molar-refractivity contribution >= 4 is 23.2 Å². The Bertz CT molecular complexity index is 786. The van der Waals surface area contributed by atoms with Crippen LogP contribution in [0.5, 0.6) is 11.5 Å². The molecule has 4 rings (SSSR count). The first-order valence-corrected chi connectivity index (χ1v) is 9.24. The Hall–Kier alpha value is -2.40. The molecule has 0 unspecified atom stereocenters. The zero-order valence-electron chi connectivity index (χ0n) is 14.5. The highest BCUT2D eigenvalue weighted by atomic mass is 35.5. The number of hydrogen-bond acceptors (Lipinski definition) is 4. The van der Waals surface area contributed by atoms with Crippen LogP contribution >= 0.6 is 11.6 Å². The molecule has 26 heavy (non-hydrogen) atoms. The molecule has 0 bridgehead atoms. The Kier molecular flexibility index (Phi) is 4.89. The van der Waals surface area contributed by atoms with Crippen LogP contribution < -0.4 is 14.4 Å². The molecule has 1 amide bonds. The van der Waals surface area contributed by atoms with Crippen molar-refractivity contribution in [1.29, 1.82) is 0 Å². The maximum Gasteiger partial charge on any atom is 0.227 e. The summed E-state index contributed by atoms with van der Waals surface area (Å²) in [5, 5.41) is 0.689. The van der Waals surface area contributed by atoms with Gasteiger partial charge in [0.05, 0.1) is 6.42 Å². The van der Waals surface area contributed by atoms with Gasteiger partial charge in [0, 0.05) is 43.0 Å². The van der Waals surface area contributed by atoms with Crippen LogP contribution in [0.25, 0.3) is 0 Å². The monoisotopic (exact) mass is 372 g/mol. The van der Waals surface area contributed by atoms with E-state index in [0.29, 0.717) is 24.7 Å². The zero-order valence-corrected chi connectivity index (χ0v) is 15.2. The number of anilines is 1. The number of fused-ring (bicyclic) bond motifs is 1. The van der Waals surface area contributed by atoms with Gasteiger partial charge in [-0.25, -0.2) is 0 Å². The summed E-state index contributed by atoms with van der Waals surface area (Å²) in [5.41, 5.74) is 2.10. The van der Waals surface area contributed by atoms with Crippen molar-refractivity contribution in [2.75, 3.05) is 44.3 Å². The average molecular weight is 373 g/mol. The summed E-state index contributed by atoms with van der Waals surface area (Å²) >= 11 is 5.90. The van der Waals surface area contributed by atoms with E-state index in [2.05, 4.69) is 11.0 Å². The molecule has 1 saturated heterocycles. The molecule has 0 saturated carbocycles. The molecule has 0 aromatic heterocycles. The molecule has 0 atom stereocenters. The Labute approximate surface area is 158 Å². The summed E-state index contributed by atoms with van der Waals surface area (Å²) in [6, 6.07) is 13.5. The van der Waals surface area contributed by atoms with E-state index in [1.807, 2.05) is 41.3 Å². The van der Waals surface area contributed by atoms with Crippen molar-refractivity contribution in [2.45, 2.75) is 6.42 Å². The average Bonchev–Trinajstić information content (AvgIpc) is 2.69.